The van der Waals surface area contributed by atoms with Crippen molar-refractivity contribution in [2.24, 2.45) is 0 Å². The number of nitrogens with two attached hydrogens (primary N) is 1. The fourth-order valence-electron chi connectivity index (χ4n) is 7.96. The Morgan fingerprint density at radius 1 is 0.911 bits per heavy atom. The number of piperidine rings is 1. The number of pyridine rings is 1. The van der Waals surface area contributed by atoms with Gasteiger partial charge >= 0.3 is 0 Å². The molecule has 2 aromatic carbocycles. The van der Waals surface area contributed by atoms with E-state index in [0.717, 1.165) is 54.7 Å². The number of nitrogen functional groups attached to an aromatic ring is 1. The number of imidazole rings is 1. The number of rotatable bonds is 12. The minimum atomic E-state index is -0.658. The van der Waals surface area contributed by atoms with E-state index >= 15 is 0 Å². The summed E-state index contributed by atoms with van der Waals surface area (Å²) in [6.45, 7) is 1.62. The van der Waals surface area contributed by atoms with Gasteiger partial charge in [0.2, 0.25) is 17.7 Å². The number of benzene rings is 2. The second-order valence-corrected chi connectivity index (χ2v) is 14.3. The lowest BCUT2D eigenvalue weighted by Gasteiger charge is -2.29. The number of hydrogen-bond donors (Lipinski definition) is 4. The predicted octanol–water partition coefficient (Wildman–Crippen LogP) is 4.72. The quantitative estimate of drug-likeness (QED) is 0.102. The summed E-state index contributed by atoms with van der Waals surface area (Å²) in [6, 6.07) is 17.1. The van der Waals surface area contributed by atoms with Crippen molar-refractivity contribution >= 4 is 52.4 Å². The molecule has 2 saturated heterocycles. The van der Waals surface area contributed by atoms with Crippen molar-refractivity contribution in [1.82, 2.24) is 34.5 Å². The SMILES string of the molecule is Nc1nccn2c([C@@H]3CCCN3C(=O)CCCCCNc3cccc4c3CN(C3CCC(=O)NC3=O)C4=O)nc(-c3ccc(C(=O)Nc4ccccn4)cc3)c12. The standard InChI is InChI=1S/C41H42N10O5/c42-37-36-35(25-13-15-26(16-14-25)39(54)46-32-11-3-5-20-44-32)48-38(50(36)23-21-45-37)30-10-7-22-49(30)34(53)12-2-1-4-19-43-29-9-6-8-27-28(29)24-51(41(27)56)31-17-18-33(52)47-40(31)55/h3,5-6,8-9,11,13-16,20-21,23,30-31,43H,1-2,4,7,10,12,17-19,22,24H2,(H2,42,45)(H,44,46,54)(H,47,52,55)/t30-,31?/m0/s1. The molecule has 6 heterocycles. The number of carbonyl (C=O) groups is 5. The molecule has 3 aliphatic heterocycles. The van der Waals surface area contributed by atoms with Crippen LogP contribution in [0.5, 0.6) is 0 Å². The second kappa shape index (κ2) is 15.6. The molecule has 0 radical (unpaired) electrons. The van der Waals surface area contributed by atoms with Gasteiger partial charge in [0, 0.05) is 79.0 Å². The summed E-state index contributed by atoms with van der Waals surface area (Å²) in [5, 5.41) is 8.60. The van der Waals surface area contributed by atoms with Crippen molar-refractivity contribution in [2.45, 2.75) is 70.0 Å². The van der Waals surface area contributed by atoms with Crippen molar-refractivity contribution in [2.75, 3.05) is 29.5 Å². The van der Waals surface area contributed by atoms with Crippen molar-refractivity contribution in [3.05, 3.63) is 102 Å². The number of nitrogens with zero attached hydrogens (tertiary/aromatic N) is 6. The number of amides is 5. The Bertz CT molecular complexity index is 2330. The Morgan fingerprint density at radius 3 is 2.57 bits per heavy atom. The zero-order valence-corrected chi connectivity index (χ0v) is 30.7. The van der Waals surface area contributed by atoms with Crippen LogP contribution in [-0.2, 0) is 20.9 Å². The summed E-state index contributed by atoms with van der Waals surface area (Å²) in [5.74, 6) is 0.373. The molecule has 3 aliphatic rings. The summed E-state index contributed by atoms with van der Waals surface area (Å²) in [6.07, 6.45) is 10.0. The Morgan fingerprint density at radius 2 is 1.77 bits per heavy atom. The molecular weight excluding hydrogens is 713 g/mol. The number of imide groups is 1. The van der Waals surface area contributed by atoms with Crippen molar-refractivity contribution in [3.63, 3.8) is 0 Å². The number of carbonyl (C=O) groups excluding carboxylic acids is 5. The van der Waals surface area contributed by atoms with Crippen molar-refractivity contribution < 1.29 is 24.0 Å². The van der Waals surface area contributed by atoms with Crippen LogP contribution >= 0.6 is 0 Å². The van der Waals surface area contributed by atoms with Crippen LogP contribution in [0.3, 0.4) is 0 Å². The number of likely N-dealkylation sites (tertiary alicyclic amines) is 1. The Kier molecular flexibility index (Phi) is 10.1. The lowest BCUT2D eigenvalue weighted by atomic mass is 10.0. The smallest absolute Gasteiger partial charge is 0.256 e. The maximum atomic E-state index is 13.7. The zero-order valence-electron chi connectivity index (χ0n) is 30.7. The fourth-order valence-corrected chi connectivity index (χ4v) is 7.96. The van der Waals surface area contributed by atoms with Crippen LogP contribution < -0.4 is 21.7 Å². The zero-order chi connectivity index (χ0) is 38.8. The molecule has 5 aromatic rings. The number of nitrogens with one attached hydrogen (secondary N) is 3. The molecule has 15 heteroatoms. The number of hydrogen-bond acceptors (Lipinski definition) is 10. The molecule has 5 amide bonds. The van der Waals surface area contributed by atoms with Gasteiger partial charge in [0.05, 0.1) is 6.04 Å². The minimum absolute atomic E-state index is 0.0805. The first-order valence-corrected chi connectivity index (χ1v) is 19.0. The van der Waals surface area contributed by atoms with E-state index in [0.29, 0.717) is 66.4 Å². The first-order chi connectivity index (χ1) is 27.3. The third kappa shape index (κ3) is 7.14. The van der Waals surface area contributed by atoms with Crippen LogP contribution in [0.25, 0.3) is 16.8 Å². The first-order valence-electron chi connectivity index (χ1n) is 19.0. The Balaban J connectivity index is 0.874. The molecule has 0 spiro atoms. The molecule has 0 saturated carbocycles. The van der Waals surface area contributed by atoms with Gasteiger partial charge in [-0.25, -0.2) is 15.0 Å². The molecule has 1 unspecified atom stereocenters. The highest BCUT2D eigenvalue weighted by Gasteiger charge is 2.40. The van der Waals surface area contributed by atoms with Crippen LogP contribution in [-0.4, -0.2) is 77.8 Å². The second-order valence-electron chi connectivity index (χ2n) is 14.3. The van der Waals surface area contributed by atoms with Crippen molar-refractivity contribution in [1.29, 1.82) is 0 Å². The maximum absolute atomic E-state index is 13.7. The van der Waals surface area contributed by atoms with Gasteiger partial charge < -0.3 is 26.2 Å². The van der Waals surface area contributed by atoms with Crippen LogP contribution in [0.2, 0.25) is 0 Å². The van der Waals surface area contributed by atoms with E-state index in [9.17, 15) is 24.0 Å². The topological polar surface area (TPSA) is 197 Å². The van der Waals surface area contributed by atoms with Gasteiger partial charge in [-0.1, -0.05) is 30.7 Å². The average Bonchev–Trinajstić information content (AvgIpc) is 3.93. The van der Waals surface area contributed by atoms with E-state index in [4.69, 9.17) is 10.7 Å². The van der Waals surface area contributed by atoms with E-state index in [-0.39, 0.29) is 36.1 Å². The summed E-state index contributed by atoms with van der Waals surface area (Å²) in [7, 11) is 0. The Hall–Kier alpha value is -6.64. The number of unbranched alkanes of at least 4 members (excludes halogenated alkanes) is 2. The monoisotopic (exact) mass is 754 g/mol. The van der Waals surface area contributed by atoms with Gasteiger partial charge in [-0.3, -0.25) is 33.7 Å². The molecule has 2 fully saturated rings. The largest absolute Gasteiger partial charge is 0.385 e. The van der Waals surface area contributed by atoms with Gasteiger partial charge in [-0.15, -0.1) is 0 Å². The first kappa shape index (κ1) is 36.3. The number of aromatic nitrogens is 4. The van der Waals surface area contributed by atoms with Crippen molar-refractivity contribution in [3.8, 4) is 11.3 Å². The Labute approximate surface area is 322 Å². The molecule has 2 atom stereocenters. The maximum Gasteiger partial charge on any atom is 0.256 e. The molecule has 15 nitrogen and oxygen atoms in total. The van der Waals surface area contributed by atoms with Crippen LogP contribution in [0.1, 0.15) is 89.5 Å². The lowest BCUT2D eigenvalue weighted by molar-refractivity contribution is -0.137. The number of fused-ring (bicyclic) bond motifs is 2. The summed E-state index contributed by atoms with van der Waals surface area (Å²) >= 11 is 0. The third-order valence-corrected chi connectivity index (χ3v) is 10.8. The van der Waals surface area contributed by atoms with E-state index in [1.165, 1.54) is 0 Å². The summed E-state index contributed by atoms with van der Waals surface area (Å²) < 4.78 is 1.93. The van der Waals surface area contributed by atoms with E-state index < -0.39 is 11.9 Å². The van der Waals surface area contributed by atoms with Gasteiger partial charge in [0.15, 0.2) is 0 Å². The van der Waals surface area contributed by atoms with Crippen LogP contribution in [0, 0.1) is 0 Å². The van der Waals surface area contributed by atoms with E-state index in [2.05, 4.69) is 25.9 Å². The average molecular weight is 755 g/mol. The lowest BCUT2D eigenvalue weighted by Crippen LogP contribution is -2.52. The van der Waals surface area contributed by atoms with Crippen LogP contribution in [0.15, 0.2) is 79.3 Å². The van der Waals surface area contributed by atoms with E-state index in [1.807, 2.05) is 39.8 Å². The third-order valence-electron chi connectivity index (χ3n) is 10.8. The summed E-state index contributed by atoms with van der Waals surface area (Å²) in [5.41, 5.74) is 11.2. The summed E-state index contributed by atoms with van der Waals surface area (Å²) in [4.78, 5) is 80.8. The molecule has 56 heavy (non-hydrogen) atoms. The van der Waals surface area contributed by atoms with Gasteiger partial charge in [0.25, 0.3) is 11.8 Å². The molecule has 5 N–H and O–H groups in total. The molecule has 3 aromatic heterocycles. The van der Waals surface area contributed by atoms with Gasteiger partial charge in [-0.2, -0.15) is 0 Å². The minimum Gasteiger partial charge on any atom is -0.385 e. The molecule has 0 bridgehead atoms. The molecule has 0 aliphatic carbocycles. The normalized spacial score (nSPS) is 18.0. The predicted molar refractivity (Wildman–Crippen MR) is 208 cm³/mol. The molecule has 286 valence electrons. The van der Waals surface area contributed by atoms with E-state index in [1.54, 1.807) is 53.7 Å². The fraction of sp³-hybridized carbons (Fsp3) is 0.317. The van der Waals surface area contributed by atoms with Crippen LogP contribution in [0.4, 0.5) is 17.3 Å². The van der Waals surface area contributed by atoms with Gasteiger partial charge in [0.1, 0.15) is 34.7 Å². The van der Waals surface area contributed by atoms with Gasteiger partial charge in [-0.05, 0) is 68.5 Å². The highest BCUT2D eigenvalue weighted by atomic mass is 16.2. The highest BCUT2D eigenvalue weighted by molar-refractivity contribution is 6.06. The molecular formula is C41H42N10O5. The highest BCUT2D eigenvalue weighted by Crippen LogP contribution is 2.37. The number of anilines is 3. The molecule has 8 rings (SSSR count).